The number of H-pyrrole nitrogens is 1. The van der Waals surface area contributed by atoms with Gasteiger partial charge < -0.3 is 20.3 Å². The van der Waals surface area contributed by atoms with Crippen LogP contribution in [-0.4, -0.2) is 64.1 Å². The molecule has 4 atom stereocenters. The quantitative estimate of drug-likeness (QED) is 0.483. The smallest absolute Gasteiger partial charge is 0.271 e. The number of para-hydroxylation sites is 1. The van der Waals surface area contributed by atoms with Crippen molar-refractivity contribution in [3.8, 4) is 6.07 Å². The fourth-order valence-corrected chi connectivity index (χ4v) is 6.32. The van der Waals surface area contributed by atoms with Crippen LogP contribution in [0, 0.1) is 22.7 Å². The van der Waals surface area contributed by atoms with Crippen LogP contribution in [0.1, 0.15) is 49.0 Å². The van der Waals surface area contributed by atoms with Crippen molar-refractivity contribution in [3.05, 3.63) is 35.0 Å². The SMILES string of the molecule is N#C[C@H](C[C@@H]1CCCNC1O)NC(=O)C1CC2(CN1C(=O)c1cc3cccc(Cl)c3[nH]1)CC(F)(F)C2. The number of hydrogen-bond donors (Lipinski definition) is 4. The van der Waals surface area contributed by atoms with Crippen LogP contribution in [0.3, 0.4) is 0 Å². The predicted molar refractivity (Wildman–Crippen MR) is 128 cm³/mol. The molecule has 2 amide bonds. The molecule has 8 nitrogen and oxygen atoms in total. The number of halogens is 3. The minimum absolute atomic E-state index is 0.0328. The van der Waals surface area contributed by atoms with Gasteiger partial charge in [0.1, 0.15) is 24.0 Å². The molecule has 11 heteroatoms. The Kier molecular flexibility index (Phi) is 6.43. The van der Waals surface area contributed by atoms with Gasteiger partial charge in [0.25, 0.3) is 5.91 Å². The molecule has 4 N–H and O–H groups in total. The van der Waals surface area contributed by atoms with Gasteiger partial charge in [0.2, 0.25) is 11.8 Å². The van der Waals surface area contributed by atoms with Crippen LogP contribution in [0.4, 0.5) is 8.78 Å². The zero-order valence-electron chi connectivity index (χ0n) is 19.6. The van der Waals surface area contributed by atoms with Gasteiger partial charge in [-0.25, -0.2) is 8.78 Å². The van der Waals surface area contributed by atoms with E-state index in [1.807, 2.05) is 0 Å². The van der Waals surface area contributed by atoms with E-state index in [4.69, 9.17) is 11.6 Å². The Labute approximate surface area is 212 Å². The molecule has 36 heavy (non-hydrogen) atoms. The molecule has 5 rings (SSSR count). The molecule has 2 saturated heterocycles. The number of piperidine rings is 1. The van der Waals surface area contributed by atoms with Crippen LogP contribution < -0.4 is 10.6 Å². The summed E-state index contributed by atoms with van der Waals surface area (Å²) in [5.74, 6) is -4.03. The van der Waals surface area contributed by atoms with E-state index in [2.05, 4.69) is 21.7 Å². The summed E-state index contributed by atoms with van der Waals surface area (Å²) in [5, 5.41) is 26.6. The predicted octanol–water partition coefficient (Wildman–Crippen LogP) is 3.17. The number of nitrogens with zero attached hydrogens (tertiary/aromatic N) is 2. The third-order valence-electron chi connectivity index (χ3n) is 7.74. The Morgan fingerprint density at radius 2 is 2.14 bits per heavy atom. The fourth-order valence-electron chi connectivity index (χ4n) is 6.09. The molecular formula is C25H28ClF2N5O3. The fraction of sp³-hybridized carbons (Fsp3) is 0.560. The highest BCUT2D eigenvalue weighted by Gasteiger charge is 2.62. The Morgan fingerprint density at radius 3 is 2.81 bits per heavy atom. The number of carbonyl (C=O) groups excluding carboxylic acids is 2. The lowest BCUT2D eigenvalue weighted by Crippen LogP contribution is -2.50. The van der Waals surface area contributed by atoms with E-state index in [0.29, 0.717) is 17.1 Å². The summed E-state index contributed by atoms with van der Waals surface area (Å²) < 4.78 is 27.7. The van der Waals surface area contributed by atoms with Crippen LogP contribution in [0.25, 0.3) is 10.9 Å². The second-order valence-corrected chi connectivity index (χ2v) is 10.9. The van der Waals surface area contributed by atoms with Crippen molar-refractivity contribution in [1.29, 1.82) is 5.26 Å². The molecule has 1 aromatic carbocycles. The van der Waals surface area contributed by atoms with Crippen molar-refractivity contribution >= 4 is 34.3 Å². The van der Waals surface area contributed by atoms with Crippen LogP contribution in [0.15, 0.2) is 24.3 Å². The van der Waals surface area contributed by atoms with E-state index in [-0.39, 0.29) is 43.8 Å². The summed E-state index contributed by atoms with van der Waals surface area (Å²) in [6, 6.07) is 7.08. The van der Waals surface area contributed by atoms with Gasteiger partial charge in [-0.1, -0.05) is 23.7 Å². The molecule has 3 heterocycles. The average molecular weight is 520 g/mol. The number of rotatable bonds is 5. The largest absolute Gasteiger partial charge is 0.378 e. The molecular weight excluding hydrogens is 492 g/mol. The zero-order chi connectivity index (χ0) is 25.7. The number of carbonyl (C=O) groups is 2. The second kappa shape index (κ2) is 9.29. The summed E-state index contributed by atoms with van der Waals surface area (Å²) in [4.78, 5) is 31.2. The molecule has 2 unspecified atom stereocenters. The van der Waals surface area contributed by atoms with E-state index in [1.54, 1.807) is 24.3 Å². The summed E-state index contributed by atoms with van der Waals surface area (Å²) in [7, 11) is 0. The number of aromatic amines is 1. The Bertz CT molecular complexity index is 1220. The maximum atomic E-state index is 13.9. The number of hydrogen-bond acceptors (Lipinski definition) is 5. The molecule has 0 radical (unpaired) electrons. The lowest BCUT2D eigenvalue weighted by Gasteiger charge is -2.44. The third kappa shape index (κ3) is 4.67. The number of benzene rings is 1. The topological polar surface area (TPSA) is 121 Å². The first-order chi connectivity index (χ1) is 17.1. The number of amides is 2. The molecule has 3 aliphatic rings. The number of nitrogens with one attached hydrogen (secondary N) is 3. The van der Waals surface area contributed by atoms with Gasteiger partial charge in [-0.2, -0.15) is 5.26 Å². The second-order valence-electron chi connectivity index (χ2n) is 10.5. The maximum Gasteiger partial charge on any atom is 0.271 e. The number of nitriles is 1. The molecule has 1 spiro atoms. The van der Waals surface area contributed by atoms with Gasteiger partial charge in [-0.05, 0) is 44.4 Å². The number of aromatic nitrogens is 1. The van der Waals surface area contributed by atoms with Crippen molar-refractivity contribution in [3.63, 3.8) is 0 Å². The summed E-state index contributed by atoms with van der Waals surface area (Å²) in [5.41, 5.74) is -0.0414. The third-order valence-corrected chi connectivity index (χ3v) is 8.05. The lowest BCUT2D eigenvalue weighted by molar-refractivity contribution is -0.155. The van der Waals surface area contributed by atoms with Gasteiger partial charge in [0.05, 0.1) is 16.6 Å². The van der Waals surface area contributed by atoms with Crippen LogP contribution in [0.2, 0.25) is 5.02 Å². The highest BCUT2D eigenvalue weighted by atomic mass is 35.5. The van der Waals surface area contributed by atoms with E-state index >= 15 is 0 Å². The highest BCUT2D eigenvalue weighted by Crippen LogP contribution is 2.58. The van der Waals surface area contributed by atoms with Crippen LogP contribution in [0.5, 0.6) is 0 Å². The first-order valence-electron chi connectivity index (χ1n) is 12.2. The van der Waals surface area contributed by atoms with Crippen molar-refractivity contribution in [1.82, 2.24) is 20.5 Å². The number of aliphatic hydroxyl groups excluding tert-OH is 1. The van der Waals surface area contributed by atoms with Gasteiger partial charge in [0, 0.05) is 36.1 Å². The molecule has 192 valence electrons. The summed E-state index contributed by atoms with van der Waals surface area (Å²) >= 11 is 6.23. The van der Waals surface area contributed by atoms with Crippen molar-refractivity contribution in [2.24, 2.45) is 11.3 Å². The molecule has 3 fully saturated rings. The average Bonchev–Trinajstić information content (AvgIpc) is 3.42. The normalized spacial score (nSPS) is 27.4. The molecule has 0 bridgehead atoms. The van der Waals surface area contributed by atoms with Gasteiger partial charge in [0.15, 0.2) is 0 Å². The van der Waals surface area contributed by atoms with E-state index in [0.717, 1.165) is 18.2 Å². The first kappa shape index (κ1) is 24.9. The minimum atomic E-state index is -2.81. The Balaban J connectivity index is 1.36. The van der Waals surface area contributed by atoms with E-state index < -0.39 is 41.5 Å². The number of likely N-dealkylation sites (tertiary alicyclic amines) is 1. The van der Waals surface area contributed by atoms with Crippen molar-refractivity contribution in [2.75, 3.05) is 13.1 Å². The molecule has 1 aliphatic carbocycles. The maximum absolute atomic E-state index is 13.9. The van der Waals surface area contributed by atoms with Crippen molar-refractivity contribution in [2.45, 2.75) is 62.8 Å². The molecule has 2 aliphatic heterocycles. The standard InChI is InChI=1S/C25H28ClF2N5O3/c26-17-5-1-3-14-8-18(32-20(14)17)23(36)33-13-24(11-25(27,28)12-24)9-19(33)22(35)31-16(10-29)7-15-4-2-6-30-21(15)34/h1,3,5,8,15-16,19,21,30,32,34H,2,4,6-7,9,11-13H2,(H,31,35)/t15-,16-,19?,21?/m0/s1. The molecule has 1 aromatic heterocycles. The number of aliphatic hydroxyl groups is 1. The number of alkyl halides is 2. The monoisotopic (exact) mass is 519 g/mol. The van der Waals surface area contributed by atoms with Gasteiger partial charge in [-0.3, -0.25) is 14.9 Å². The van der Waals surface area contributed by atoms with Gasteiger partial charge >= 0.3 is 0 Å². The van der Waals surface area contributed by atoms with Crippen LogP contribution >= 0.6 is 11.6 Å². The molecule has 2 aromatic rings. The van der Waals surface area contributed by atoms with E-state index in [1.165, 1.54) is 4.90 Å². The zero-order valence-corrected chi connectivity index (χ0v) is 20.3. The highest BCUT2D eigenvalue weighted by molar-refractivity contribution is 6.35. The Morgan fingerprint density at radius 1 is 1.36 bits per heavy atom. The van der Waals surface area contributed by atoms with Gasteiger partial charge in [-0.15, -0.1) is 0 Å². The summed E-state index contributed by atoms with van der Waals surface area (Å²) in [6.07, 6.45) is 0.404. The molecule has 1 saturated carbocycles. The Hall–Kier alpha value is -2.74. The summed E-state index contributed by atoms with van der Waals surface area (Å²) in [6.45, 7) is 0.719. The van der Waals surface area contributed by atoms with Crippen molar-refractivity contribution < 1.29 is 23.5 Å². The minimum Gasteiger partial charge on any atom is -0.378 e. The number of fused-ring (bicyclic) bond motifs is 1. The van der Waals surface area contributed by atoms with Crippen LogP contribution in [-0.2, 0) is 4.79 Å². The first-order valence-corrected chi connectivity index (χ1v) is 12.6. The van der Waals surface area contributed by atoms with E-state index in [9.17, 15) is 28.7 Å². The lowest BCUT2D eigenvalue weighted by atomic mass is 9.65.